The number of ether oxygens (including phenoxy) is 1. The van der Waals surface area contributed by atoms with Crippen LogP contribution in [0.4, 0.5) is 22.5 Å². The molecule has 2 aromatic carbocycles. The number of anilines is 4. The summed E-state index contributed by atoms with van der Waals surface area (Å²) in [6.45, 7) is 2.01. The standard InChI is InChI=1S/C22H21N5OS/c1-15-20(29-22(24-15)27(2)17-9-5-4-6-10-17)19-12-13-23-21(26-19)25-16-8-7-11-18(14-16)28-3/h4-14H,1-3H3,(H,23,25,26). The minimum atomic E-state index is 0.529. The van der Waals surface area contributed by atoms with Gasteiger partial charge in [-0.3, -0.25) is 0 Å². The van der Waals surface area contributed by atoms with E-state index in [2.05, 4.69) is 32.3 Å². The van der Waals surface area contributed by atoms with Crippen LogP contribution in [0.15, 0.2) is 66.9 Å². The van der Waals surface area contributed by atoms with Crippen molar-refractivity contribution in [2.75, 3.05) is 24.4 Å². The summed E-state index contributed by atoms with van der Waals surface area (Å²) in [4.78, 5) is 16.9. The average molecular weight is 404 g/mol. The zero-order valence-corrected chi connectivity index (χ0v) is 17.3. The van der Waals surface area contributed by atoms with E-state index in [1.54, 1.807) is 24.6 Å². The van der Waals surface area contributed by atoms with Crippen molar-refractivity contribution in [3.63, 3.8) is 0 Å². The molecule has 0 atom stereocenters. The first-order valence-electron chi connectivity index (χ1n) is 9.15. The zero-order valence-electron chi connectivity index (χ0n) is 16.5. The molecule has 146 valence electrons. The summed E-state index contributed by atoms with van der Waals surface area (Å²) < 4.78 is 5.27. The molecule has 2 heterocycles. The number of nitrogens with zero attached hydrogens (tertiary/aromatic N) is 4. The molecular formula is C22H21N5OS. The Labute approximate surface area is 173 Å². The summed E-state index contributed by atoms with van der Waals surface area (Å²) in [5, 5.41) is 4.16. The van der Waals surface area contributed by atoms with Crippen molar-refractivity contribution in [2.24, 2.45) is 0 Å². The number of para-hydroxylation sites is 1. The highest BCUT2D eigenvalue weighted by atomic mass is 32.1. The van der Waals surface area contributed by atoms with Gasteiger partial charge in [0.2, 0.25) is 5.95 Å². The van der Waals surface area contributed by atoms with Crippen molar-refractivity contribution in [1.82, 2.24) is 15.0 Å². The number of rotatable bonds is 6. The van der Waals surface area contributed by atoms with Crippen molar-refractivity contribution >= 4 is 33.8 Å². The van der Waals surface area contributed by atoms with Crippen molar-refractivity contribution in [3.8, 4) is 16.3 Å². The maximum Gasteiger partial charge on any atom is 0.227 e. The summed E-state index contributed by atoms with van der Waals surface area (Å²) in [5.41, 5.74) is 3.75. The summed E-state index contributed by atoms with van der Waals surface area (Å²) in [7, 11) is 3.67. The van der Waals surface area contributed by atoms with Gasteiger partial charge in [0.25, 0.3) is 0 Å². The molecule has 1 N–H and O–H groups in total. The van der Waals surface area contributed by atoms with Gasteiger partial charge in [-0.1, -0.05) is 35.6 Å². The monoisotopic (exact) mass is 403 g/mol. The van der Waals surface area contributed by atoms with E-state index in [0.29, 0.717) is 5.95 Å². The van der Waals surface area contributed by atoms with E-state index in [9.17, 15) is 0 Å². The largest absolute Gasteiger partial charge is 0.497 e. The van der Waals surface area contributed by atoms with Gasteiger partial charge in [0, 0.05) is 30.7 Å². The minimum absolute atomic E-state index is 0.529. The highest BCUT2D eigenvalue weighted by Crippen LogP contribution is 2.36. The van der Waals surface area contributed by atoms with Crippen LogP contribution < -0.4 is 15.0 Å². The first kappa shape index (κ1) is 18.9. The minimum Gasteiger partial charge on any atom is -0.497 e. The number of aryl methyl sites for hydroxylation is 1. The number of nitrogens with one attached hydrogen (secondary N) is 1. The van der Waals surface area contributed by atoms with Gasteiger partial charge in [0.15, 0.2) is 5.13 Å². The molecule has 0 saturated carbocycles. The predicted molar refractivity (Wildman–Crippen MR) is 119 cm³/mol. The zero-order chi connectivity index (χ0) is 20.2. The number of methoxy groups -OCH3 is 1. The van der Waals surface area contributed by atoms with Crippen LogP contribution in [0.3, 0.4) is 0 Å². The van der Waals surface area contributed by atoms with E-state index in [1.807, 2.05) is 62.5 Å². The Morgan fingerprint density at radius 1 is 1.00 bits per heavy atom. The first-order valence-corrected chi connectivity index (χ1v) is 9.96. The average Bonchev–Trinajstić information content (AvgIpc) is 3.16. The number of hydrogen-bond acceptors (Lipinski definition) is 7. The van der Waals surface area contributed by atoms with Gasteiger partial charge >= 0.3 is 0 Å². The maximum atomic E-state index is 5.27. The fourth-order valence-corrected chi connectivity index (χ4v) is 3.92. The molecule has 0 radical (unpaired) electrons. The SMILES string of the molecule is COc1cccc(Nc2nccc(-c3sc(N(C)c4ccccc4)nc3C)n2)c1. The quantitative estimate of drug-likeness (QED) is 0.463. The summed E-state index contributed by atoms with van der Waals surface area (Å²) in [5.74, 6) is 1.31. The molecule has 2 aromatic heterocycles. The van der Waals surface area contributed by atoms with E-state index in [0.717, 1.165) is 38.5 Å². The number of thiazole rings is 1. The molecule has 0 aliphatic carbocycles. The highest BCUT2D eigenvalue weighted by molar-refractivity contribution is 7.19. The van der Waals surface area contributed by atoms with E-state index >= 15 is 0 Å². The van der Waals surface area contributed by atoms with Gasteiger partial charge in [0.1, 0.15) is 5.75 Å². The number of aromatic nitrogens is 3. The second-order valence-electron chi connectivity index (χ2n) is 6.43. The van der Waals surface area contributed by atoms with Crippen LogP contribution in [-0.2, 0) is 0 Å². The van der Waals surface area contributed by atoms with Crippen LogP contribution in [0.25, 0.3) is 10.6 Å². The van der Waals surface area contributed by atoms with Crippen LogP contribution in [0.5, 0.6) is 5.75 Å². The van der Waals surface area contributed by atoms with Gasteiger partial charge in [0.05, 0.1) is 23.4 Å². The summed E-state index contributed by atoms with van der Waals surface area (Å²) >= 11 is 1.61. The van der Waals surface area contributed by atoms with Crippen molar-refractivity contribution in [3.05, 3.63) is 72.6 Å². The molecule has 0 fully saturated rings. The lowest BCUT2D eigenvalue weighted by Gasteiger charge is -2.15. The van der Waals surface area contributed by atoms with Crippen LogP contribution in [0.2, 0.25) is 0 Å². The lowest BCUT2D eigenvalue weighted by Crippen LogP contribution is -2.08. The molecule has 6 nitrogen and oxygen atoms in total. The molecule has 4 aromatic rings. The van der Waals surface area contributed by atoms with E-state index in [-0.39, 0.29) is 0 Å². The van der Waals surface area contributed by atoms with Gasteiger partial charge < -0.3 is 15.0 Å². The fraction of sp³-hybridized carbons (Fsp3) is 0.136. The first-order chi connectivity index (χ1) is 14.1. The number of hydrogen-bond donors (Lipinski definition) is 1. The molecule has 0 bridgehead atoms. The second-order valence-corrected chi connectivity index (χ2v) is 7.41. The van der Waals surface area contributed by atoms with E-state index in [4.69, 9.17) is 9.72 Å². The van der Waals surface area contributed by atoms with Crippen molar-refractivity contribution in [1.29, 1.82) is 0 Å². The van der Waals surface area contributed by atoms with Crippen LogP contribution >= 0.6 is 11.3 Å². The normalized spacial score (nSPS) is 10.6. The topological polar surface area (TPSA) is 63.2 Å². The molecule has 0 aliphatic heterocycles. The molecule has 0 spiro atoms. The van der Waals surface area contributed by atoms with Gasteiger partial charge in [-0.05, 0) is 37.3 Å². The third-order valence-electron chi connectivity index (χ3n) is 4.43. The third kappa shape index (κ3) is 4.20. The molecule has 0 aliphatic rings. The third-order valence-corrected chi connectivity index (χ3v) is 5.69. The maximum absolute atomic E-state index is 5.27. The lowest BCUT2D eigenvalue weighted by atomic mass is 10.3. The molecule has 29 heavy (non-hydrogen) atoms. The predicted octanol–water partition coefficient (Wildman–Crippen LogP) is 5.43. The Morgan fingerprint density at radius 2 is 1.83 bits per heavy atom. The second kappa shape index (κ2) is 8.28. The van der Waals surface area contributed by atoms with Gasteiger partial charge in [-0.15, -0.1) is 0 Å². The van der Waals surface area contributed by atoms with E-state index in [1.165, 1.54) is 0 Å². The Balaban J connectivity index is 1.60. The van der Waals surface area contributed by atoms with Crippen LogP contribution in [-0.4, -0.2) is 29.1 Å². The van der Waals surface area contributed by atoms with Crippen LogP contribution in [0, 0.1) is 6.92 Å². The highest BCUT2D eigenvalue weighted by Gasteiger charge is 2.15. The lowest BCUT2D eigenvalue weighted by molar-refractivity contribution is 0.415. The Bertz CT molecular complexity index is 1110. The summed E-state index contributed by atoms with van der Waals surface area (Å²) in [6.07, 6.45) is 1.75. The Kier molecular flexibility index (Phi) is 5.39. The molecule has 0 unspecified atom stereocenters. The smallest absolute Gasteiger partial charge is 0.227 e. The molecule has 7 heteroatoms. The Hall–Kier alpha value is -3.45. The molecule has 4 rings (SSSR count). The molecular weight excluding hydrogens is 382 g/mol. The van der Waals surface area contributed by atoms with Gasteiger partial charge in [-0.2, -0.15) is 0 Å². The van der Waals surface area contributed by atoms with Gasteiger partial charge in [-0.25, -0.2) is 15.0 Å². The van der Waals surface area contributed by atoms with Crippen molar-refractivity contribution in [2.45, 2.75) is 6.92 Å². The molecule has 0 amide bonds. The summed E-state index contributed by atoms with van der Waals surface area (Å²) in [6, 6.07) is 19.8. The molecule has 0 saturated heterocycles. The number of benzene rings is 2. The van der Waals surface area contributed by atoms with Crippen LogP contribution in [0.1, 0.15) is 5.69 Å². The fourth-order valence-electron chi connectivity index (χ4n) is 2.90. The Morgan fingerprint density at radius 3 is 2.62 bits per heavy atom. The van der Waals surface area contributed by atoms with E-state index < -0.39 is 0 Å². The van der Waals surface area contributed by atoms with Crippen molar-refractivity contribution < 1.29 is 4.74 Å².